The number of nitrogens with zero attached hydrogens (tertiary/aromatic N) is 4. The largest absolute Gasteiger partial charge is 0.490 e. The van der Waals surface area contributed by atoms with Gasteiger partial charge in [-0.05, 0) is 0 Å². The van der Waals surface area contributed by atoms with Gasteiger partial charge in [0.1, 0.15) is 9.85 Å². The van der Waals surface area contributed by atoms with Gasteiger partial charge in [-0.1, -0.05) is 11.6 Å². The molecule has 12 nitrogen and oxygen atoms in total. The molecule has 0 aliphatic rings. The van der Waals surface area contributed by atoms with E-state index < -0.39 is 47.8 Å². The lowest BCUT2D eigenvalue weighted by atomic mass is 10.1. The smallest absolute Gasteiger partial charge is 0.258 e. The second-order valence-corrected chi connectivity index (χ2v) is 3.75. The first kappa shape index (κ1) is 15.2. The van der Waals surface area contributed by atoms with E-state index in [-0.39, 0.29) is 0 Å². The predicted octanol–water partition coefficient (Wildman–Crippen LogP) is 1.71. The van der Waals surface area contributed by atoms with Crippen molar-refractivity contribution in [2.24, 2.45) is 0 Å². The van der Waals surface area contributed by atoms with E-state index in [4.69, 9.17) is 11.6 Å². The van der Waals surface area contributed by atoms with Crippen LogP contribution in [0, 0.1) is 40.5 Å². The highest BCUT2D eigenvalue weighted by Gasteiger charge is 2.47. The summed E-state index contributed by atoms with van der Waals surface area (Å²) in [6.07, 6.45) is -2.84. The Hall–Kier alpha value is -2.89. The third-order valence-corrected chi connectivity index (χ3v) is 2.37. The number of nitro groups is 4. The van der Waals surface area contributed by atoms with Crippen molar-refractivity contribution in [2.75, 3.05) is 0 Å². The van der Waals surface area contributed by atoms with Crippen molar-refractivity contribution in [1.82, 2.24) is 0 Å². The van der Waals surface area contributed by atoms with Crippen molar-refractivity contribution >= 4 is 23.0 Å². The average Bonchev–Trinajstić information content (AvgIpc) is 2.29. The van der Waals surface area contributed by atoms with E-state index in [1.807, 2.05) is 0 Å². The van der Waals surface area contributed by atoms with Gasteiger partial charge in [-0.3, -0.25) is 40.5 Å². The molecule has 0 bridgehead atoms. The van der Waals surface area contributed by atoms with Crippen LogP contribution in [-0.2, 0) is 0 Å². The maximum atomic E-state index is 10.8. The SMILES string of the molecule is O=[N+]([O-])c1cc(Cl)cc([N+](=O)[O-])c1C([N+](=O)[O-])[N+](=O)[O-]. The summed E-state index contributed by atoms with van der Waals surface area (Å²) in [6.45, 7) is 0. The molecule has 0 spiro atoms. The molecule has 106 valence electrons. The van der Waals surface area contributed by atoms with Crippen LogP contribution in [-0.4, -0.2) is 19.7 Å². The zero-order valence-corrected chi connectivity index (χ0v) is 9.92. The maximum Gasteiger partial charge on any atom is 0.490 e. The van der Waals surface area contributed by atoms with Gasteiger partial charge in [0.25, 0.3) is 16.9 Å². The zero-order valence-electron chi connectivity index (χ0n) is 9.16. The molecule has 1 aromatic rings. The van der Waals surface area contributed by atoms with Gasteiger partial charge in [-0.15, -0.1) is 0 Å². The van der Waals surface area contributed by atoms with Crippen LogP contribution in [0.15, 0.2) is 12.1 Å². The van der Waals surface area contributed by atoms with Gasteiger partial charge >= 0.3 is 6.17 Å². The molecule has 0 amide bonds. The molecule has 13 heteroatoms. The summed E-state index contributed by atoms with van der Waals surface area (Å²) < 4.78 is 0. The summed E-state index contributed by atoms with van der Waals surface area (Å²) in [5.41, 5.74) is -3.57. The van der Waals surface area contributed by atoms with Crippen LogP contribution < -0.4 is 0 Å². The molecule has 0 unspecified atom stereocenters. The Morgan fingerprint density at radius 3 is 1.45 bits per heavy atom. The Balaban J connectivity index is 3.80. The molecule has 0 saturated carbocycles. The molecule has 0 aliphatic carbocycles. The molecule has 1 rings (SSSR count). The van der Waals surface area contributed by atoms with Crippen LogP contribution in [0.3, 0.4) is 0 Å². The van der Waals surface area contributed by atoms with Gasteiger partial charge < -0.3 is 0 Å². The van der Waals surface area contributed by atoms with E-state index in [0.717, 1.165) is 0 Å². The molecule has 0 saturated heterocycles. The minimum atomic E-state index is -2.84. The number of halogens is 1. The summed E-state index contributed by atoms with van der Waals surface area (Å²) in [4.78, 5) is 37.5. The fourth-order valence-corrected chi connectivity index (χ4v) is 1.65. The van der Waals surface area contributed by atoms with Crippen LogP contribution >= 0.6 is 11.6 Å². The molecule has 0 N–H and O–H groups in total. The molecule has 0 aromatic heterocycles. The topological polar surface area (TPSA) is 173 Å². The van der Waals surface area contributed by atoms with E-state index in [1.54, 1.807) is 0 Å². The van der Waals surface area contributed by atoms with Gasteiger partial charge in [-0.25, -0.2) is 0 Å². The quantitative estimate of drug-likeness (QED) is 0.448. The number of hydrogen-bond donors (Lipinski definition) is 0. The van der Waals surface area contributed by atoms with Crippen molar-refractivity contribution < 1.29 is 19.7 Å². The van der Waals surface area contributed by atoms with Gasteiger partial charge in [0.2, 0.25) is 0 Å². The number of benzene rings is 1. The third-order valence-electron chi connectivity index (χ3n) is 2.15. The first-order valence-electron chi connectivity index (χ1n) is 4.56. The van der Waals surface area contributed by atoms with E-state index in [9.17, 15) is 40.5 Å². The van der Waals surface area contributed by atoms with Crippen molar-refractivity contribution in [3.05, 3.63) is 63.2 Å². The normalized spacial score (nSPS) is 10.3. The van der Waals surface area contributed by atoms with Crippen molar-refractivity contribution in [3.63, 3.8) is 0 Å². The second kappa shape index (κ2) is 5.40. The van der Waals surface area contributed by atoms with Crippen LogP contribution in [0.25, 0.3) is 0 Å². The second-order valence-electron chi connectivity index (χ2n) is 3.32. The highest BCUT2D eigenvalue weighted by atomic mass is 35.5. The predicted molar refractivity (Wildman–Crippen MR) is 61.5 cm³/mol. The van der Waals surface area contributed by atoms with E-state index >= 15 is 0 Å². The third kappa shape index (κ3) is 2.74. The highest BCUT2D eigenvalue weighted by Crippen LogP contribution is 2.38. The maximum absolute atomic E-state index is 10.8. The van der Waals surface area contributed by atoms with Crippen LogP contribution in [0.1, 0.15) is 11.7 Å². The highest BCUT2D eigenvalue weighted by molar-refractivity contribution is 6.31. The van der Waals surface area contributed by atoms with E-state index in [0.29, 0.717) is 12.1 Å². The summed E-state index contributed by atoms with van der Waals surface area (Å²) in [7, 11) is 0. The Labute approximate surface area is 113 Å². The molecule has 0 atom stereocenters. The lowest BCUT2D eigenvalue weighted by molar-refractivity contribution is -0.753. The summed E-state index contributed by atoms with van der Waals surface area (Å²) in [6, 6.07) is 1.15. The molecule has 0 fully saturated rings. The Morgan fingerprint density at radius 2 is 1.20 bits per heavy atom. The molecular weight excluding hydrogens is 304 g/mol. The lowest BCUT2D eigenvalue weighted by Gasteiger charge is -2.04. The summed E-state index contributed by atoms with van der Waals surface area (Å²) >= 11 is 5.43. The van der Waals surface area contributed by atoms with E-state index in [1.165, 1.54) is 0 Å². The molecule has 0 radical (unpaired) electrons. The Kier molecular flexibility index (Phi) is 4.09. The van der Waals surface area contributed by atoms with Crippen LogP contribution in [0.5, 0.6) is 0 Å². The molecule has 0 aliphatic heterocycles. The summed E-state index contributed by atoms with van der Waals surface area (Å²) in [5.74, 6) is 0. The van der Waals surface area contributed by atoms with Crippen LogP contribution in [0.4, 0.5) is 11.4 Å². The number of nitro benzene ring substituents is 2. The first-order valence-corrected chi connectivity index (χ1v) is 4.93. The van der Waals surface area contributed by atoms with Gasteiger partial charge in [0.05, 0.1) is 14.9 Å². The molecular formula is C7H3ClN4O8. The molecule has 20 heavy (non-hydrogen) atoms. The van der Waals surface area contributed by atoms with Gasteiger partial charge in [0.15, 0.2) is 0 Å². The average molecular weight is 307 g/mol. The van der Waals surface area contributed by atoms with Crippen molar-refractivity contribution in [1.29, 1.82) is 0 Å². The zero-order chi connectivity index (χ0) is 15.6. The van der Waals surface area contributed by atoms with Gasteiger partial charge in [-0.2, -0.15) is 0 Å². The van der Waals surface area contributed by atoms with E-state index in [2.05, 4.69) is 0 Å². The van der Waals surface area contributed by atoms with Crippen molar-refractivity contribution in [3.8, 4) is 0 Å². The van der Waals surface area contributed by atoms with Crippen LogP contribution in [0.2, 0.25) is 5.02 Å². The molecule has 1 aromatic carbocycles. The standard InChI is InChI=1S/C7H3ClN4O8/c8-3-1-4(9(13)14)6(5(2-3)10(15)16)7(11(17)18)12(19)20/h1-2,7H. The molecule has 0 heterocycles. The van der Waals surface area contributed by atoms with Gasteiger partial charge in [0, 0.05) is 12.1 Å². The fraction of sp³-hybridized carbons (Fsp3) is 0.143. The minimum Gasteiger partial charge on any atom is -0.258 e. The number of hydrogen-bond acceptors (Lipinski definition) is 8. The fourth-order valence-electron chi connectivity index (χ4n) is 1.44. The monoisotopic (exact) mass is 306 g/mol. The Morgan fingerprint density at radius 1 is 0.850 bits per heavy atom. The number of rotatable bonds is 5. The van der Waals surface area contributed by atoms with Crippen molar-refractivity contribution in [2.45, 2.75) is 6.17 Å². The minimum absolute atomic E-state index is 0.447. The summed E-state index contributed by atoms with van der Waals surface area (Å²) in [5, 5.41) is 42.4. The lowest BCUT2D eigenvalue weighted by Crippen LogP contribution is -2.22. The first-order chi connectivity index (χ1) is 9.16. The Bertz CT molecular complexity index is 582.